The summed E-state index contributed by atoms with van der Waals surface area (Å²) in [6.07, 6.45) is 2.43. The van der Waals surface area contributed by atoms with Crippen LogP contribution in [-0.4, -0.2) is 33.1 Å². The Hall–Kier alpha value is -3.26. The fraction of sp³-hybridized carbons (Fsp3) is 0.333. The van der Waals surface area contributed by atoms with Crippen molar-refractivity contribution in [2.45, 2.75) is 45.3 Å². The molecule has 0 spiro atoms. The van der Waals surface area contributed by atoms with E-state index in [2.05, 4.69) is 17.2 Å². The van der Waals surface area contributed by atoms with Gasteiger partial charge in [0.05, 0.1) is 28.6 Å². The number of carbonyl (C=O) groups is 3. The summed E-state index contributed by atoms with van der Waals surface area (Å²) in [5, 5.41) is 12.4. The molecule has 1 aliphatic rings. The number of hydrogen-bond acceptors (Lipinski definition) is 5. The van der Waals surface area contributed by atoms with Crippen LogP contribution in [0.3, 0.4) is 0 Å². The maximum atomic E-state index is 12.4. The maximum absolute atomic E-state index is 12.4. The van der Waals surface area contributed by atoms with Crippen LogP contribution in [0.5, 0.6) is 0 Å². The largest absolute Gasteiger partial charge is 0.465 e. The average Bonchev–Trinajstić information content (AvgIpc) is 2.96. The summed E-state index contributed by atoms with van der Waals surface area (Å²) in [5.41, 5.74) is 1.68. The van der Waals surface area contributed by atoms with E-state index in [1.807, 2.05) is 0 Å². The number of benzene rings is 1. The molecule has 1 aromatic carbocycles. The van der Waals surface area contributed by atoms with E-state index in [0.29, 0.717) is 28.9 Å². The van der Waals surface area contributed by atoms with Crippen LogP contribution in [0.15, 0.2) is 42.5 Å². The molecule has 1 aromatic heterocycles. The number of hydrogen-bond donors (Lipinski definition) is 2. The second-order valence-corrected chi connectivity index (χ2v) is 6.78. The lowest BCUT2D eigenvalue weighted by Crippen LogP contribution is -2.30. The number of nitrogens with zero attached hydrogens (tertiary/aromatic N) is 2. The van der Waals surface area contributed by atoms with Gasteiger partial charge in [-0.15, -0.1) is 5.06 Å². The molecule has 0 aliphatic carbocycles. The molecule has 0 fully saturated rings. The molecule has 0 saturated heterocycles. The molecule has 0 bridgehead atoms. The molecule has 8 heteroatoms. The van der Waals surface area contributed by atoms with E-state index >= 15 is 0 Å². The number of nitrogens with one attached hydrogen (secondary N) is 1. The van der Waals surface area contributed by atoms with Gasteiger partial charge in [0.2, 0.25) is 0 Å². The molecular formula is C21H23N3O5. The van der Waals surface area contributed by atoms with Crippen LogP contribution in [-0.2, 0) is 11.4 Å². The molecule has 1 unspecified atom stereocenters. The molecule has 2 N–H and O–H groups in total. The highest BCUT2D eigenvalue weighted by Gasteiger charge is 2.36. The first-order valence-electron chi connectivity index (χ1n) is 9.57. The van der Waals surface area contributed by atoms with Gasteiger partial charge < -0.3 is 10.4 Å². The minimum Gasteiger partial charge on any atom is -0.465 e. The highest BCUT2D eigenvalue weighted by Crippen LogP contribution is 2.24. The monoisotopic (exact) mass is 397 g/mol. The van der Waals surface area contributed by atoms with Crippen LogP contribution >= 0.6 is 0 Å². The van der Waals surface area contributed by atoms with Crippen molar-refractivity contribution in [3.8, 4) is 0 Å². The fourth-order valence-electron chi connectivity index (χ4n) is 3.23. The van der Waals surface area contributed by atoms with Crippen LogP contribution in [0.25, 0.3) is 0 Å². The van der Waals surface area contributed by atoms with Crippen LogP contribution < -0.4 is 5.32 Å². The Morgan fingerprint density at radius 3 is 2.41 bits per heavy atom. The summed E-state index contributed by atoms with van der Waals surface area (Å²) >= 11 is 0. The summed E-state index contributed by atoms with van der Waals surface area (Å²) in [5.74, 6) is -1.02. The SMILES string of the molecule is CCCCCC(NC(=O)O)c1cccc(CON2C(=O)c3ccccc3C2=O)n1. The Kier molecular flexibility index (Phi) is 6.56. The third-order valence-electron chi connectivity index (χ3n) is 4.68. The van der Waals surface area contributed by atoms with Crippen molar-refractivity contribution in [2.24, 2.45) is 0 Å². The van der Waals surface area contributed by atoms with Gasteiger partial charge >= 0.3 is 6.09 Å². The summed E-state index contributed by atoms with van der Waals surface area (Å²) in [6.45, 7) is 1.99. The molecule has 2 aromatic rings. The smallest absolute Gasteiger partial charge is 0.405 e. The summed E-state index contributed by atoms with van der Waals surface area (Å²) in [7, 11) is 0. The lowest BCUT2D eigenvalue weighted by molar-refractivity contribution is -0.102. The van der Waals surface area contributed by atoms with Crippen molar-refractivity contribution < 1.29 is 24.3 Å². The van der Waals surface area contributed by atoms with Gasteiger partial charge in [0.25, 0.3) is 11.8 Å². The van der Waals surface area contributed by atoms with Crippen molar-refractivity contribution in [3.05, 3.63) is 65.0 Å². The molecule has 2 heterocycles. The lowest BCUT2D eigenvalue weighted by Gasteiger charge is -2.18. The third-order valence-corrected chi connectivity index (χ3v) is 4.68. The molecule has 3 rings (SSSR count). The predicted octanol–water partition coefficient (Wildman–Crippen LogP) is 3.70. The zero-order valence-electron chi connectivity index (χ0n) is 16.1. The van der Waals surface area contributed by atoms with Gasteiger partial charge in [0.15, 0.2) is 0 Å². The number of imide groups is 1. The Morgan fingerprint density at radius 2 is 1.79 bits per heavy atom. The number of carbonyl (C=O) groups excluding carboxylic acids is 2. The number of amides is 3. The Bertz CT molecular complexity index is 880. The fourth-order valence-corrected chi connectivity index (χ4v) is 3.23. The molecule has 1 atom stereocenters. The summed E-state index contributed by atoms with van der Waals surface area (Å²) in [4.78, 5) is 45.8. The van der Waals surface area contributed by atoms with Gasteiger partial charge in [-0.2, -0.15) is 0 Å². The normalized spacial score (nSPS) is 14.0. The van der Waals surface area contributed by atoms with Crippen molar-refractivity contribution >= 4 is 17.9 Å². The van der Waals surface area contributed by atoms with Crippen LogP contribution in [0.2, 0.25) is 0 Å². The minimum atomic E-state index is -1.11. The Labute approximate surface area is 168 Å². The maximum Gasteiger partial charge on any atom is 0.405 e. The first-order chi connectivity index (χ1) is 14.0. The molecule has 0 saturated carbocycles. The van der Waals surface area contributed by atoms with Gasteiger partial charge in [-0.25, -0.2) is 4.79 Å². The van der Waals surface area contributed by atoms with Crippen LogP contribution in [0.1, 0.15) is 70.8 Å². The van der Waals surface area contributed by atoms with Gasteiger partial charge in [0.1, 0.15) is 6.61 Å². The van der Waals surface area contributed by atoms with Crippen LogP contribution in [0, 0.1) is 0 Å². The number of carboxylic acid groups (broad SMARTS) is 1. The zero-order chi connectivity index (χ0) is 20.8. The highest BCUT2D eigenvalue weighted by atomic mass is 16.7. The standard InChI is InChI=1S/C21H23N3O5/c1-2-3-4-11-18(23-21(27)28)17-12-7-8-14(22-17)13-29-24-19(25)15-9-5-6-10-16(15)20(24)26/h5-10,12,18,23H,2-4,11,13H2,1H3,(H,27,28). The number of rotatable bonds is 9. The molecule has 0 radical (unpaired) electrons. The van der Waals surface area contributed by atoms with Crippen molar-refractivity contribution in [2.75, 3.05) is 0 Å². The second-order valence-electron chi connectivity index (χ2n) is 6.78. The predicted molar refractivity (Wildman–Crippen MR) is 104 cm³/mol. The lowest BCUT2D eigenvalue weighted by atomic mass is 10.0. The highest BCUT2D eigenvalue weighted by molar-refractivity contribution is 6.20. The first kappa shape index (κ1) is 20.5. The van der Waals surface area contributed by atoms with Gasteiger partial charge in [-0.1, -0.05) is 44.4 Å². The van der Waals surface area contributed by atoms with E-state index in [1.165, 1.54) is 0 Å². The van der Waals surface area contributed by atoms with Gasteiger partial charge in [-0.3, -0.25) is 19.4 Å². The third kappa shape index (κ3) is 4.78. The molecule has 3 amide bonds. The van der Waals surface area contributed by atoms with E-state index in [0.717, 1.165) is 24.3 Å². The summed E-state index contributed by atoms with van der Waals surface area (Å²) < 4.78 is 0. The first-order valence-corrected chi connectivity index (χ1v) is 9.57. The second kappa shape index (κ2) is 9.29. The summed E-state index contributed by atoms with van der Waals surface area (Å²) in [6, 6.07) is 11.3. The van der Waals surface area contributed by atoms with E-state index in [4.69, 9.17) is 9.94 Å². The van der Waals surface area contributed by atoms with Gasteiger partial charge in [0, 0.05) is 0 Å². The van der Waals surface area contributed by atoms with Crippen LogP contribution in [0.4, 0.5) is 4.79 Å². The average molecular weight is 397 g/mol. The Morgan fingerprint density at radius 1 is 1.10 bits per heavy atom. The number of aromatic nitrogens is 1. The molecule has 152 valence electrons. The topological polar surface area (TPSA) is 109 Å². The molecule has 1 aliphatic heterocycles. The quantitative estimate of drug-likeness (QED) is 0.493. The van der Waals surface area contributed by atoms with Crippen molar-refractivity contribution in [1.82, 2.24) is 15.4 Å². The van der Waals surface area contributed by atoms with E-state index in [9.17, 15) is 14.4 Å². The van der Waals surface area contributed by atoms with Crippen molar-refractivity contribution in [1.29, 1.82) is 0 Å². The molecular weight excluding hydrogens is 374 g/mol. The number of unbranched alkanes of at least 4 members (excludes halogenated alkanes) is 2. The van der Waals surface area contributed by atoms with Gasteiger partial charge in [-0.05, 0) is 30.7 Å². The van der Waals surface area contributed by atoms with Crippen molar-refractivity contribution in [3.63, 3.8) is 0 Å². The van der Waals surface area contributed by atoms with E-state index in [1.54, 1.807) is 42.5 Å². The van der Waals surface area contributed by atoms with E-state index in [-0.39, 0.29) is 6.61 Å². The number of fused-ring (bicyclic) bond motifs is 1. The minimum absolute atomic E-state index is 0.0892. The zero-order valence-corrected chi connectivity index (χ0v) is 16.1. The number of hydroxylamine groups is 2. The van der Waals surface area contributed by atoms with E-state index < -0.39 is 23.9 Å². The number of pyridine rings is 1. The molecule has 29 heavy (non-hydrogen) atoms. The molecule has 8 nitrogen and oxygen atoms in total. The Balaban J connectivity index is 1.69.